The minimum Gasteiger partial charge on any atom is -0.425 e. The molecule has 2 aliphatic heterocycles. The summed E-state index contributed by atoms with van der Waals surface area (Å²) in [6.45, 7) is 0.441. The molecule has 2 aliphatic rings. The number of carbonyl (C=O) groups excluding carboxylic acids is 1. The van der Waals surface area contributed by atoms with Crippen LogP contribution in [-0.2, 0) is 23.7 Å². The third-order valence-electron chi connectivity index (χ3n) is 2.48. The maximum absolute atomic E-state index is 11.1. The van der Waals surface area contributed by atoms with Crippen molar-refractivity contribution in [3.63, 3.8) is 0 Å². The monoisotopic (exact) mass is 200 g/mol. The fourth-order valence-electron chi connectivity index (χ4n) is 1.78. The van der Waals surface area contributed by atoms with Crippen LogP contribution in [0, 0.1) is 0 Å². The van der Waals surface area contributed by atoms with Crippen molar-refractivity contribution in [3.8, 4) is 0 Å². The SMILES string of the molecule is CO[C@@H]1OCC[C@]2(OC)OC(=O)C=C12. The van der Waals surface area contributed by atoms with Gasteiger partial charge in [-0.2, -0.15) is 0 Å². The molecule has 0 radical (unpaired) electrons. The molecule has 14 heavy (non-hydrogen) atoms. The van der Waals surface area contributed by atoms with E-state index >= 15 is 0 Å². The van der Waals surface area contributed by atoms with Gasteiger partial charge in [0.2, 0.25) is 5.79 Å². The first-order valence-electron chi connectivity index (χ1n) is 4.36. The Bertz CT molecular complexity index is 285. The summed E-state index contributed by atoms with van der Waals surface area (Å²) in [6.07, 6.45) is 1.33. The molecule has 0 amide bonds. The fourth-order valence-corrected chi connectivity index (χ4v) is 1.78. The van der Waals surface area contributed by atoms with Crippen molar-refractivity contribution in [2.45, 2.75) is 18.5 Å². The average molecular weight is 200 g/mol. The summed E-state index contributed by atoms with van der Waals surface area (Å²) in [5, 5.41) is 0. The summed E-state index contributed by atoms with van der Waals surface area (Å²) in [6, 6.07) is 0. The standard InChI is InChI=1S/C9H12O5/c1-11-8-6-5-7(10)14-9(6,12-2)3-4-13-8/h5,8H,3-4H2,1-2H3/t8-,9+/m1/s1. The summed E-state index contributed by atoms with van der Waals surface area (Å²) >= 11 is 0. The Balaban J connectivity index is 2.32. The van der Waals surface area contributed by atoms with Crippen LogP contribution in [0.1, 0.15) is 6.42 Å². The van der Waals surface area contributed by atoms with Crippen LogP contribution in [0.15, 0.2) is 11.6 Å². The lowest BCUT2D eigenvalue weighted by Gasteiger charge is -2.36. The van der Waals surface area contributed by atoms with E-state index in [0.717, 1.165) is 0 Å². The summed E-state index contributed by atoms with van der Waals surface area (Å²) in [5.41, 5.74) is 0.610. The molecule has 0 aromatic heterocycles. The molecule has 5 nitrogen and oxygen atoms in total. The van der Waals surface area contributed by atoms with Gasteiger partial charge in [-0.3, -0.25) is 0 Å². The van der Waals surface area contributed by atoms with Crippen LogP contribution in [0.3, 0.4) is 0 Å². The molecule has 2 atom stereocenters. The maximum atomic E-state index is 11.1. The van der Waals surface area contributed by atoms with Crippen LogP contribution in [0.5, 0.6) is 0 Å². The smallest absolute Gasteiger partial charge is 0.333 e. The maximum Gasteiger partial charge on any atom is 0.333 e. The van der Waals surface area contributed by atoms with Gasteiger partial charge in [0.05, 0.1) is 12.2 Å². The van der Waals surface area contributed by atoms with Gasteiger partial charge in [0.15, 0.2) is 6.29 Å². The first-order chi connectivity index (χ1) is 6.72. The zero-order valence-corrected chi connectivity index (χ0v) is 8.11. The Morgan fingerprint density at radius 2 is 2.36 bits per heavy atom. The number of esters is 1. The minimum atomic E-state index is -0.962. The van der Waals surface area contributed by atoms with Gasteiger partial charge in [0.25, 0.3) is 0 Å². The van der Waals surface area contributed by atoms with Gasteiger partial charge >= 0.3 is 5.97 Å². The first kappa shape index (κ1) is 9.64. The lowest BCUT2D eigenvalue weighted by Crippen LogP contribution is -2.45. The topological polar surface area (TPSA) is 54.0 Å². The molecule has 0 aromatic carbocycles. The molecule has 0 aromatic rings. The highest BCUT2D eigenvalue weighted by atomic mass is 16.7. The second kappa shape index (κ2) is 3.34. The predicted octanol–water partition coefficient (Wildman–Crippen LogP) is 0.205. The second-order valence-corrected chi connectivity index (χ2v) is 3.17. The van der Waals surface area contributed by atoms with Gasteiger partial charge in [0.1, 0.15) is 0 Å². The molecule has 0 unspecified atom stereocenters. The van der Waals surface area contributed by atoms with Gasteiger partial charge in [-0.15, -0.1) is 0 Å². The van der Waals surface area contributed by atoms with E-state index in [1.54, 1.807) is 0 Å². The highest BCUT2D eigenvalue weighted by molar-refractivity contribution is 5.86. The number of fused-ring (bicyclic) bond motifs is 1. The zero-order valence-electron chi connectivity index (χ0n) is 8.11. The van der Waals surface area contributed by atoms with Gasteiger partial charge in [0, 0.05) is 26.7 Å². The Labute approximate surface area is 81.6 Å². The number of ether oxygens (including phenoxy) is 4. The van der Waals surface area contributed by atoms with Crippen molar-refractivity contribution in [2.75, 3.05) is 20.8 Å². The minimum absolute atomic E-state index is 0.408. The number of carbonyl (C=O) groups is 1. The van der Waals surface area contributed by atoms with E-state index in [4.69, 9.17) is 18.9 Å². The number of methoxy groups -OCH3 is 2. The molecule has 2 heterocycles. The summed E-state index contributed by atoms with van der Waals surface area (Å²) in [7, 11) is 3.02. The third-order valence-corrected chi connectivity index (χ3v) is 2.48. The van der Waals surface area contributed by atoms with E-state index in [2.05, 4.69) is 0 Å². The highest BCUT2D eigenvalue weighted by Crippen LogP contribution is 2.38. The van der Waals surface area contributed by atoms with Crippen LogP contribution < -0.4 is 0 Å². The molecular formula is C9H12O5. The van der Waals surface area contributed by atoms with E-state index in [1.807, 2.05) is 0 Å². The Morgan fingerprint density at radius 3 is 3.00 bits per heavy atom. The average Bonchev–Trinajstić information content (AvgIpc) is 2.54. The highest BCUT2D eigenvalue weighted by Gasteiger charge is 2.50. The molecular weight excluding hydrogens is 188 g/mol. The lowest BCUT2D eigenvalue weighted by atomic mass is 10.0. The Hall–Kier alpha value is -0.910. The molecule has 78 valence electrons. The van der Waals surface area contributed by atoms with Crippen molar-refractivity contribution in [3.05, 3.63) is 11.6 Å². The van der Waals surface area contributed by atoms with E-state index in [-0.39, 0.29) is 0 Å². The number of hydrogen-bond acceptors (Lipinski definition) is 5. The van der Waals surface area contributed by atoms with Crippen LogP contribution in [-0.4, -0.2) is 38.9 Å². The fraction of sp³-hybridized carbons (Fsp3) is 0.667. The van der Waals surface area contributed by atoms with Crippen molar-refractivity contribution < 1.29 is 23.7 Å². The third kappa shape index (κ3) is 1.25. The van der Waals surface area contributed by atoms with Gasteiger partial charge in [-0.1, -0.05) is 0 Å². The molecule has 0 aliphatic carbocycles. The van der Waals surface area contributed by atoms with E-state index in [0.29, 0.717) is 18.6 Å². The molecule has 1 saturated heterocycles. The largest absolute Gasteiger partial charge is 0.425 e. The van der Waals surface area contributed by atoms with Crippen LogP contribution >= 0.6 is 0 Å². The van der Waals surface area contributed by atoms with E-state index < -0.39 is 18.0 Å². The molecule has 1 fully saturated rings. The lowest BCUT2D eigenvalue weighted by molar-refractivity contribution is -0.238. The Morgan fingerprint density at radius 1 is 1.57 bits per heavy atom. The van der Waals surface area contributed by atoms with Gasteiger partial charge < -0.3 is 18.9 Å². The van der Waals surface area contributed by atoms with Crippen molar-refractivity contribution in [1.29, 1.82) is 0 Å². The molecule has 0 saturated carbocycles. The Kier molecular flexibility index (Phi) is 2.30. The van der Waals surface area contributed by atoms with Gasteiger partial charge in [-0.25, -0.2) is 4.79 Å². The quantitative estimate of drug-likeness (QED) is 0.596. The second-order valence-electron chi connectivity index (χ2n) is 3.17. The number of rotatable bonds is 2. The normalized spacial score (nSPS) is 36.3. The predicted molar refractivity (Wildman–Crippen MR) is 45.3 cm³/mol. The van der Waals surface area contributed by atoms with Crippen LogP contribution in [0.2, 0.25) is 0 Å². The first-order valence-corrected chi connectivity index (χ1v) is 4.36. The van der Waals surface area contributed by atoms with Crippen molar-refractivity contribution in [1.82, 2.24) is 0 Å². The zero-order chi connectivity index (χ0) is 10.2. The number of hydrogen-bond donors (Lipinski definition) is 0. The summed E-state index contributed by atoms with van der Waals surface area (Å²) in [5.74, 6) is -1.37. The van der Waals surface area contributed by atoms with Crippen LogP contribution in [0.4, 0.5) is 0 Å². The van der Waals surface area contributed by atoms with Crippen LogP contribution in [0.25, 0.3) is 0 Å². The van der Waals surface area contributed by atoms with E-state index in [9.17, 15) is 4.79 Å². The van der Waals surface area contributed by atoms with Crippen molar-refractivity contribution >= 4 is 5.97 Å². The van der Waals surface area contributed by atoms with Crippen molar-refractivity contribution in [2.24, 2.45) is 0 Å². The summed E-state index contributed by atoms with van der Waals surface area (Å²) in [4.78, 5) is 11.1. The van der Waals surface area contributed by atoms with Gasteiger partial charge in [-0.05, 0) is 0 Å². The molecule has 0 spiro atoms. The molecule has 2 rings (SSSR count). The molecule has 0 N–H and O–H groups in total. The molecule has 0 bridgehead atoms. The molecule has 5 heteroatoms. The van der Waals surface area contributed by atoms with E-state index in [1.165, 1.54) is 20.3 Å². The summed E-state index contributed by atoms with van der Waals surface area (Å²) < 4.78 is 20.7.